The number of halogens is 1. The molecule has 1 saturated heterocycles. The summed E-state index contributed by atoms with van der Waals surface area (Å²) in [5, 5.41) is 17.6. The maximum Gasteiger partial charge on any atom is 0.301 e. The zero-order chi connectivity index (χ0) is 31.0. The van der Waals surface area contributed by atoms with Gasteiger partial charge in [-0.15, -0.1) is 5.10 Å². The van der Waals surface area contributed by atoms with Gasteiger partial charge in [0, 0.05) is 48.1 Å². The van der Waals surface area contributed by atoms with Crippen LogP contribution in [0.2, 0.25) is 0 Å². The van der Waals surface area contributed by atoms with Crippen molar-refractivity contribution in [2.75, 3.05) is 33.2 Å². The number of nitrogens with zero attached hydrogens (tertiary/aromatic N) is 7. The number of carbonyl (C=O) groups is 1. The van der Waals surface area contributed by atoms with E-state index in [1.54, 1.807) is 35.8 Å². The molecule has 1 amide bonds. The van der Waals surface area contributed by atoms with Gasteiger partial charge >= 0.3 is 5.89 Å². The summed E-state index contributed by atoms with van der Waals surface area (Å²) in [4.78, 5) is 28.5. The van der Waals surface area contributed by atoms with E-state index >= 15 is 0 Å². The Morgan fingerprint density at radius 1 is 1.11 bits per heavy atom. The largest absolute Gasteiger partial charge is 0.497 e. The third kappa shape index (κ3) is 5.17. The fourth-order valence-corrected chi connectivity index (χ4v) is 5.41. The van der Waals surface area contributed by atoms with E-state index in [0.717, 1.165) is 12.0 Å². The second kappa shape index (κ2) is 11.7. The average molecular weight is 601 g/mol. The maximum absolute atomic E-state index is 14.9. The number of oxazole rings is 1. The molecule has 6 rings (SSSR count). The Balaban J connectivity index is 1.38. The minimum atomic E-state index is -0.551. The summed E-state index contributed by atoms with van der Waals surface area (Å²) in [7, 11) is 4.56. The van der Waals surface area contributed by atoms with E-state index < -0.39 is 5.82 Å². The van der Waals surface area contributed by atoms with Crippen molar-refractivity contribution < 1.29 is 27.8 Å². The number of fused-ring (bicyclic) bond motifs is 3. The van der Waals surface area contributed by atoms with Crippen molar-refractivity contribution in [1.82, 2.24) is 29.5 Å². The lowest BCUT2D eigenvalue weighted by Crippen LogP contribution is -2.45. The summed E-state index contributed by atoms with van der Waals surface area (Å²) in [5.74, 6) is 0.932. The van der Waals surface area contributed by atoms with Crippen LogP contribution in [0.4, 0.5) is 10.3 Å². The maximum atomic E-state index is 14.9. The summed E-state index contributed by atoms with van der Waals surface area (Å²) in [6.07, 6.45) is 2.61. The first kappa shape index (κ1) is 28.7. The first-order valence-corrected chi connectivity index (χ1v) is 13.9. The predicted octanol–water partition coefficient (Wildman–Crippen LogP) is 4.32. The number of hydrogen-bond acceptors (Lipinski definition) is 11. The van der Waals surface area contributed by atoms with Crippen molar-refractivity contribution >= 4 is 28.4 Å². The third-order valence-electron chi connectivity index (χ3n) is 7.82. The number of anilines is 1. The van der Waals surface area contributed by atoms with E-state index in [2.05, 4.69) is 10.3 Å². The number of nitriles is 1. The van der Waals surface area contributed by atoms with Crippen molar-refractivity contribution in [3.63, 3.8) is 0 Å². The summed E-state index contributed by atoms with van der Waals surface area (Å²) in [6.45, 7) is 2.62. The highest BCUT2D eigenvalue weighted by Crippen LogP contribution is 2.33. The highest BCUT2D eigenvalue weighted by Gasteiger charge is 2.34. The van der Waals surface area contributed by atoms with Crippen LogP contribution in [0.3, 0.4) is 0 Å². The lowest BCUT2D eigenvalue weighted by molar-refractivity contribution is 0.0600. The number of methoxy groups -OCH3 is 3. The van der Waals surface area contributed by atoms with Crippen LogP contribution in [0.1, 0.15) is 53.5 Å². The molecule has 0 unspecified atom stereocenters. The van der Waals surface area contributed by atoms with Crippen LogP contribution < -0.4 is 19.5 Å². The summed E-state index contributed by atoms with van der Waals surface area (Å²) in [5.41, 5.74) is 1.79. The van der Waals surface area contributed by atoms with E-state index in [1.165, 1.54) is 25.5 Å². The molecule has 13 nitrogen and oxygen atoms in total. The minimum Gasteiger partial charge on any atom is -0.497 e. The van der Waals surface area contributed by atoms with Gasteiger partial charge in [-0.3, -0.25) is 4.79 Å². The number of piperidine rings is 1. The number of amides is 1. The first-order chi connectivity index (χ1) is 21.3. The van der Waals surface area contributed by atoms with Crippen LogP contribution in [0.25, 0.3) is 16.6 Å². The number of rotatable bonds is 8. The van der Waals surface area contributed by atoms with Crippen LogP contribution in [0.5, 0.6) is 17.2 Å². The molecule has 4 heterocycles. The second-order valence-corrected chi connectivity index (χ2v) is 10.4. The molecule has 1 aliphatic heterocycles. The van der Waals surface area contributed by atoms with Crippen LogP contribution in [0, 0.1) is 17.1 Å². The van der Waals surface area contributed by atoms with Gasteiger partial charge in [0.2, 0.25) is 5.95 Å². The predicted molar refractivity (Wildman–Crippen MR) is 155 cm³/mol. The normalized spacial score (nSPS) is 16.6. The molecular formula is C30H29FN8O5. The zero-order valence-corrected chi connectivity index (χ0v) is 24.5. The quantitative estimate of drug-likeness (QED) is 0.271. The van der Waals surface area contributed by atoms with Crippen molar-refractivity contribution in [1.29, 1.82) is 5.26 Å². The van der Waals surface area contributed by atoms with E-state index in [0.29, 0.717) is 59.3 Å². The molecule has 5 aromatic rings. The van der Waals surface area contributed by atoms with Gasteiger partial charge in [-0.1, -0.05) is 0 Å². The Morgan fingerprint density at radius 2 is 1.93 bits per heavy atom. The lowest BCUT2D eigenvalue weighted by Gasteiger charge is -2.36. The highest BCUT2D eigenvalue weighted by atomic mass is 19.1. The number of ether oxygens (including phenoxy) is 3. The standard InChI is InChI=1S/C30H29FN8O5/c1-16-5-6-18(14-38(16)29(40)23-15-44-26(12-32)34-23)27-36-28-20-10-21(31)25(43-4)11-22(20)35-30(39(28)37-27)33-13-17-7-8-19(41-2)9-24(17)42-3/h7-11,15-16,18H,5-6,13-14H2,1-4H3,(H,33,35)/t16-,18+/m0/s1. The smallest absolute Gasteiger partial charge is 0.301 e. The van der Waals surface area contributed by atoms with Crippen LogP contribution >= 0.6 is 0 Å². The molecule has 1 N–H and O–H groups in total. The van der Waals surface area contributed by atoms with Crippen LogP contribution in [-0.2, 0) is 6.54 Å². The van der Waals surface area contributed by atoms with Crippen LogP contribution in [-0.4, -0.2) is 69.3 Å². The van der Waals surface area contributed by atoms with Crippen molar-refractivity contribution in [3.05, 3.63) is 65.4 Å². The SMILES string of the molecule is COc1ccc(CNc2nc3cc(OC)c(F)cc3c3nc([C@@H]4CC[C@H](C)N(C(=O)c5coc(C#N)n5)C4)nn23)c(OC)c1. The molecule has 2 aromatic carbocycles. The van der Waals surface area contributed by atoms with Gasteiger partial charge in [-0.2, -0.15) is 14.8 Å². The molecular weight excluding hydrogens is 571 g/mol. The van der Waals surface area contributed by atoms with E-state index in [9.17, 15) is 9.18 Å². The molecule has 226 valence electrons. The fourth-order valence-electron chi connectivity index (χ4n) is 5.41. The monoisotopic (exact) mass is 600 g/mol. The van der Waals surface area contributed by atoms with Gasteiger partial charge < -0.3 is 28.8 Å². The highest BCUT2D eigenvalue weighted by molar-refractivity contribution is 5.94. The minimum absolute atomic E-state index is 0.0553. The second-order valence-electron chi connectivity index (χ2n) is 10.4. The van der Waals surface area contributed by atoms with Gasteiger partial charge in [-0.05, 0) is 38.0 Å². The molecule has 14 heteroatoms. The van der Waals surface area contributed by atoms with E-state index in [4.69, 9.17) is 39.0 Å². The van der Waals surface area contributed by atoms with Gasteiger partial charge in [0.15, 0.2) is 34.8 Å². The Kier molecular flexibility index (Phi) is 7.60. The molecule has 0 bridgehead atoms. The van der Waals surface area contributed by atoms with E-state index in [-0.39, 0.29) is 35.2 Å². The number of nitrogens with one attached hydrogen (secondary N) is 1. The molecule has 1 aliphatic rings. The first-order valence-electron chi connectivity index (χ1n) is 13.9. The summed E-state index contributed by atoms with van der Waals surface area (Å²) in [6, 6.07) is 10.1. The van der Waals surface area contributed by atoms with E-state index in [1.807, 2.05) is 19.1 Å². The summed E-state index contributed by atoms with van der Waals surface area (Å²) >= 11 is 0. The Labute approximate surface area is 251 Å². The van der Waals surface area contributed by atoms with Crippen molar-refractivity contribution in [2.45, 2.75) is 38.3 Å². The molecule has 0 radical (unpaired) electrons. The fraction of sp³-hybridized carbons (Fsp3) is 0.333. The number of benzene rings is 2. The number of carbonyl (C=O) groups excluding carboxylic acids is 1. The van der Waals surface area contributed by atoms with Crippen molar-refractivity contribution in [3.8, 4) is 23.3 Å². The average Bonchev–Trinajstić information content (AvgIpc) is 3.72. The topological polar surface area (TPSA) is 153 Å². The molecule has 0 saturated carbocycles. The third-order valence-corrected chi connectivity index (χ3v) is 7.82. The van der Waals surface area contributed by atoms with Gasteiger partial charge in [0.25, 0.3) is 5.91 Å². The van der Waals surface area contributed by atoms with Gasteiger partial charge in [0.1, 0.15) is 17.8 Å². The molecule has 1 fully saturated rings. The summed E-state index contributed by atoms with van der Waals surface area (Å²) < 4.78 is 37.5. The molecule has 44 heavy (non-hydrogen) atoms. The van der Waals surface area contributed by atoms with Gasteiger partial charge in [-0.25, -0.2) is 14.4 Å². The Morgan fingerprint density at radius 3 is 2.66 bits per heavy atom. The zero-order valence-electron chi connectivity index (χ0n) is 24.5. The molecule has 2 atom stereocenters. The Bertz CT molecular complexity index is 1920. The number of likely N-dealkylation sites (tertiary alicyclic amines) is 1. The number of aromatic nitrogens is 5. The van der Waals surface area contributed by atoms with Gasteiger partial charge in [0.05, 0.1) is 26.8 Å². The molecule has 0 spiro atoms. The molecule has 0 aliphatic carbocycles. The van der Waals surface area contributed by atoms with Crippen LogP contribution in [0.15, 0.2) is 41.0 Å². The lowest BCUT2D eigenvalue weighted by atomic mass is 9.92. The number of hydrogen-bond donors (Lipinski definition) is 1. The molecule has 3 aromatic heterocycles. The van der Waals surface area contributed by atoms with Crippen molar-refractivity contribution in [2.24, 2.45) is 0 Å². The Hall–Kier alpha value is -5.45.